The zero-order valence-electron chi connectivity index (χ0n) is 8.19. The van der Waals surface area contributed by atoms with Gasteiger partial charge in [0.25, 0.3) is 0 Å². The molecule has 1 rings (SSSR count). The Morgan fingerprint density at radius 2 is 2.31 bits per heavy atom. The van der Waals surface area contributed by atoms with Crippen LogP contribution in [0.25, 0.3) is 0 Å². The number of nitro benzene ring substituents is 1. The van der Waals surface area contributed by atoms with Gasteiger partial charge in [-0.2, -0.15) is 4.39 Å². The lowest BCUT2D eigenvalue weighted by Gasteiger charge is -2.10. The number of halogens is 2. The lowest BCUT2D eigenvalue weighted by Crippen LogP contribution is -2.21. The summed E-state index contributed by atoms with van der Waals surface area (Å²) in [6, 6.07) is 3.71. The Morgan fingerprint density at radius 1 is 1.62 bits per heavy atom. The zero-order chi connectivity index (χ0) is 12.1. The van der Waals surface area contributed by atoms with Crippen LogP contribution in [0.1, 0.15) is 0 Å². The molecule has 0 aromatic heterocycles. The van der Waals surface area contributed by atoms with Crippen LogP contribution in [-0.4, -0.2) is 28.6 Å². The molecule has 0 spiro atoms. The summed E-state index contributed by atoms with van der Waals surface area (Å²) in [6.45, 7) is 0.0216. The summed E-state index contributed by atoms with van der Waals surface area (Å²) >= 11 is 5.35. The number of nitro groups is 1. The van der Waals surface area contributed by atoms with Crippen LogP contribution in [0.15, 0.2) is 18.2 Å². The minimum atomic E-state index is -0.921. The van der Waals surface area contributed by atoms with E-state index in [9.17, 15) is 14.5 Å². The second kappa shape index (κ2) is 5.62. The van der Waals surface area contributed by atoms with Crippen molar-refractivity contribution < 1.29 is 14.4 Å². The van der Waals surface area contributed by atoms with E-state index in [2.05, 4.69) is 5.32 Å². The highest BCUT2D eigenvalue weighted by Crippen LogP contribution is 2.26. The van der Waals surface area contributed by atoms with Crippen LogP contribution in [0, 0.1) is 15.9 Å². The van der Waals surface area contributed by atoms with Crippen molar-refractivity contribution in [2.75, 3.05) is 17.7 Å². The third-order valence-corrected chi connectivity index (χ3v) is 2.23. The summed E-state index contributed by atoms with van der Waals surface area (Å²) in [5, 5.41) is 22.3. The van der Waals surface area contributed by atoms with Gasteiger partial charge in [-0.15, -0.1) is 11.6 Å². The molecule has 1 aromatic carbocycles. The SMILES string of the molecule is O=[N+]([O-])c1c(F)cccc1NCC(O)CCl. The number of nitrogens with one attached hydrogen (secondary N) is 1. The fourth-order valence-electron chi connectivity index (χ4n) is 1.13. The maximum absolute atomic E-state index is 13.1. The maximum Gasteiger partial charge on any atom is 0.327 e. The van der Waals surface area contributed by atoms with Crippen molar-refractivity contribution in [3.63, 3.8) is 0 Å². The van der Waals surface area contributed by atoms with E-state index in [1.54, 1.807) is 0 Å². The van der Waals surface area contributed by atoms with E-state index < -0.39 is 22.5 Å². The first-order valence-electron chi connectivity index (χ1n) is 4.47. The van der Waals surface area contributed by atoms with E-state index in [0.717, 1.165) is 6.07 Å². The second-order valence-electron chi connectivity index (χ2n) is 3.08. The molecular formula is C9H10ClFN2O3. The van der Waals surface area contributed by atoms with Crippen molar-refractivity contribution in [2.45, 2.75) is 6.10 Å². The number of anilines is 1. The number of aliphatic hydroxyl groups excluding tert-OH is 1. The minimum Gasteiger partial charge on any atom is -0.390 e. The van der Waals surface area contributed by atoms with Gasteiger partial charge in [0.2, 0.25) is 5.82 Å². The molecule has 0 radical (unpaired) electrons. The molecule has 0 saturated carbocycles. The van der Waals surface area contributed by atoms with Gasteiger partial charge in [-0.25, -0.2) is 0 Å². The Hall–Kier alpha value is -1.40. The van der Waals surface area contributed by atoms with Crippen LogP contribution >= 0.6 is 11.6 Å². The molecule has 0 aliphatic heterocycles. The first kappa shape index (κ1) is 12.7. The lowest BCUT2D eigenvalue weighted by atomic mass is 10.2. The molecule has 2 N–H and O–H groups in total. The van der Waals surface area contributed by atoms with Gasteiger partial charge in [-0.1, -0.05) is 6.07 Å². The number of para-hydroxylation sites is 1. The summed E-state index contributed by atoms with van der Waals surface area (Å²) < 4.78 is 13.1. The standard InChI is InChI=1S/C9H10ClFN2O3/c10-4-6(14)5-12-8-3-1-2-7(11)9(8)13(15)16/h1-3,6,12,14H,4-5H2. The van der Waals surface area contributed by atoms with Crippen LogP contribution in [0.2, 0.25) is 0 Å². The fourth-order valence-corrected chi connectivity index (χ4v) is 1.23. The van der Waals surface area contributed by atoms with Gasteiger partial charge in [0.15, 0.2) is 0 Å². The number of hydrogen-bond donors (Lipinski definition) is 2. The van der Waals surface area contributed by atoms with Crippen molar-refractivity contribution in [3.05, 3.63) is 34.1 Å². The first-order valence-corrected chi connectivity index (χ1v) is 5.00. The number of rotatable bonds is 5. The minimum absolute atomic E-state index is 0.00386. The van der Waals surface area contributed by atoms with Crippen molar-refractivity contribution >= 4 is 23.0 Å². The highest BCUT2D eigenvalue weighted by molar-refractivity contribution is 6.18. The summed E-state index contributed by atoms with van der Waals surface area (Å²) in [7, 11) is 0. The molecule has 0 amide bonds. The number of nitrogens with zero attached hydrogens (tertiary/aromatic N) is 1. The first-order chi connectivity index (χ1) is 7.56. The quantitative estimate of drug-likeness (QED) is 0.473. The number of alkyl halides is 1. The molecule has 0 bridgehead atoms. The Morgan fingerprint density at radius 3 is 2.88 bits per heavy atom. The van der Waals surface area contributed by atoms with E-state index in [1.807, 2.05) is 0 Å². The van der Waals surface area contributed by atoms with Crippen LogP contribution in [0.5, 0.6) is 0 Å². The summed E-state index contributed by atoms with van der Waals surface area (Å²) in [5.41, 5.74) is -0.613. The Bertz CT molecular complexity index is 389. The van der Waals surface area contributed by atoms with Gasteiger partial charge in [0.05, 0.1) is 16.9 Å². The second-order valence-corrected chi connectivity index (χ2v) is 3.39. The maximum atomic E-state index is 13.1. The number of aliphatic hydroxyl groups is 1. The molecular weight excluding hydrogens is 239 g/mol. The molecule has 0 aliphatic carbocycles. The number of benzene rings is 1. The van der Waals surface area contributed by atoms with Crippen LogP contribution in [0.3, 0.4) is 0 Å². The van der Waals surface area contributed by atoms with E-state index in [0.29, 0.717) is 0 Å². The summed E-state index contributed by atoms with van der Waals surface area (Å²) in [4.78, 5) is 9.78. The monoisotopic (exact) mass is 248 g/mol. The molecule has 5 nitrogen and oxygen atoms in total. The molecule has 1 atom stereocenters. The van der Waals surface area contributed by atoms with Gasteiger partial charge in [-0.05, 0) is 12.1 Å². The molecule has 1 unspecified atom stereocenters. The average molecular weight is 249 g/mol. The van der Waals surface area contributed by atoms with Gasteiger partial charge in [0.1, 0.15) is 5.69 Å². The predicted molar refractivity (Wildman–Crippen MR) is 58.3 cm³/mol. The number of hydrogen-bond acceptors (Lipinski definition) is 4. The Labute approximate surface area is 96.0 Å². The van der Waals surface area contributed by atoms with E-state index in [1.165, 1.54) is 12.1 Å². The van der Waals surface area contributed by atoms with Crippen molar-refractivity contribution in [1.29, 1.82) is 0 Å². The lowest BCUT2D eigenvalue weighted by molar-refractivity contribution is -0.386. The normalized spacial score (nSPS) is 12.2. The highest BCUT2D eigenvalue weighted by atomic mass is 35.5. The molecule has 0 aliphatic rings. The largest absolute Gasteiger partial charge is 0.390 e. The van der Waals surface area contributed by atoms with Crippen molar-refractivity contribution in [2.24, 2.45) is 0 Å². The summed E-state index contributed by atoms with van der Waals surface area (Å²) in [6.07, 6.45) is -0.843. The molecule has 1 aromatic rings. The third-order valence-electron chi connectivity index (χ3n) is 1.88. The van der Waals surface area contributed by atoms with E-state index in [-0.39, 0.29) is 18.1 Å². The molecule has 0 fully saturated rings. The molecule has 0 saturated heterocycles. The van der Waals surface area contributed by atoms with Gasteiger partial charge in [-0.3, -0.25) is 10.1 Å². The van der Waals surface area contributed by atoms with Crippen LogP contribution in [0.4, 0.5) is 15.8 Å². The van der Waals surface area contributed by atoms with Gasteiger partial charge >= 0.3 is 5.69 Å². The Balaban J connectivity index is 2.87. The molecule has 88 valence electrons. The molecule has 16 heavy (non-hydrogen) atoms. The predicted octanol–water partition coefficient (Wildman–Crippen LogP) is 1.75. The molecule has 0 heterocycles. The third kappa shape index (κ3) is 3.04. The zero-order valence-corrected chi connectivity index (χ0v) is 8.95. The van der Waals surface area contributed by atoms with Crippen LogP contribution < -0.4 is 5.32 Å². The topological polar surface area (TPSA) is 75.4 Å². The van der Waals surface area contributed by atoms with E-state index in [4.69, 9.17) is 16.7 Å². The highest BCUT2D eigenvalue weighted by Gasteiger charge is 2.19. The summed E-state index contributed by atoms with van der Waals surface area (Å²) in [5.74, 6) is -0.925. The smallest absolute Gasteiger partial charge is 0.327 e. The average Bonchev–Trinajstić information content (AvgIpc) is 2.25. The molecule has 7 heteroatoms. The van der Waals surface area contributed by atoms with E-state index >= 15 is 0 Å². The fraction of sp³-hybridized carbons (Fsp3) is 0.333. The van der Waals surface area contributed by atoms with Gasteiger partial charge < -0.3 is 10.4 Å². The van der Waals surface area contributed by atoms with Crippen molar-refractivity contribution in [1.82, 2.24) is 0 Å². The van der Waals surface area contributed by atoms with Crippen LogP contribution in [-0.2, 0) is 0 Å². The van der Waals surface area contributed by atoms with Gasteiger partial charge in [0, 0.05) is 6.54 Å². The van der Waals surface area contributed by atoms with Crippen molar-refractivity contribution in [3.8, 4) is 0 Å². The Kier molecular flexibility index (Phi) is 4.45.